The van der Waals surface area contributed by atoms with Gasteiger partial charge < -0.3 is 5.11 Å². The fraction of sp³-hybridized carbons (Fsp3) is 0.417. The van der Waals surface area contributed by atoms with Gasteiger partial charge in [0.05, 0.1) is 0 Å². The zero-order chi connectivity index (χ0) is 10.6. The Morgan fingerprint density at radius 2 is 2.14 bits per heavy atom. The molecule has 0 amide bonds. The standard InChI is InChI=1S/C12H16O2/c1-9(2)6-7-12(14)10-4-3-5-11(13)8-10/h3-5,8-9,13H,6-7H2,1-2H3. The smallest absolute Gasteiger partial charge is 0.163 e. The molecule has 1 aromatic carbocycles. The van der Waals surface area contributed by atoms with Gasteiger partial charge >= 0.3 is 0 Å². The monoisotopic (exact) mass is 192 g/mol. The van der Waals surface area contributed by atoms with Crippen LogP contribution in [0.3, 0.4) is 0 Å². The average Bonchev–Trinajstić information content (AvgIpc) is 2.14. The third kappa shape index (κ3) is 3.21. The van der Waals surface area contributed by atoms with Crippen molar-refractivity contribution in [3.8, 4) is 5.75 Å². The Morgan fingerprint density at radius 3 is 2.71 bits per heavy atom. The molecule has 0 fully saturated rings. The molecule has 0 saturated carbocycles. The molecule has 0 aliphatic carbocycles. The van der Waals surface area contributed by atoms with Gasteiger partial charge in [-0.15, -0.1) is 0 Å². The predicted molar refractivity (Wildman–Crippen MR) is 56.5 cm³/mol. The fourth-order valence-electron chi connectivity index (χ4n) is 1.24. The lowest BCUT2D eigenvalue weighted by atomic mass is 10.0. The Bertz CT molecular complexity index is 316. The molecular formula is C12H16O2. The largest absolute Gasteiger partial charge is 0.508 e. The first-order valence-electron chi connectivity index (χ1n) is 4.92. The second kappa shape index (κ2) is 4.80. The van der Waals surface area contributed by atoms with Crippen LogP contribution in [-0.2, 0) is 0 Å². The Hall–Kier alpha value is -1.31. The minimum absolute atomic E-state index is 0.106. The molecule has 1 N–H and O–H groups in total. The first kappa shape index (κ1) is 10.8. The molecule has 0 heterocycles. The normalized spacial score (nSPS) is 10.5. The Balaban J connectivity index is 2.61. The maximum atomic E-state index is 11.6. The Morgan fingerprint density at radius 1 is 1.43 bits per heavy atom. The van der Waals surface area contributed by atoms with Crippen molar-refractivity contribution in [2.45, 2.75) is 26.7 Å². The van der Waals surface area contributed by atoms with E-state index in [0.29, 0.717) is 17.9 Å². The number of rotatable bonds is 4. The Labute approximate surface area is 84.6 Å². The summed E-state index contributed by atoms with van der Waals surface area (Å²) in [7, 11) is 0. The summed E-state index contributed by atoms with van der Waals surface area (Å²) in [6.07, 6.45) is 1.45. The summed E-state index contributed by atoms with van der Waals surface area (Å²) >= 11 is 0. The van der Waals surface area contributed by atoms with Crippen LogP contribution in [0.4, 0.5) is 0 Å². The number of hydrogen-bond donors (Lipinski definition) is 1. The molecule has 1 rings (SSSR count). The van der Waals surface area contributed by atoms with Crippen molar-refractivity contribution in [2.75, 3.05) is 0 Å². The maximum Gasteiger partial charge on any atom is 0.163 e. The van der Waals surface area contributed by atoms with Crippen molar-refractivity contribution in [1.29, 1.82) is 0 Å². The second-order valence-corrected chi connectivity index (χ2v) is 3.91. The summed E-state index contributed by atoms with van der Waals surface area (Å²) in [6, 6.07) is 6.52. The van der Waals surface area contributed by atoms with Crippen LogP contribution >= 0.6 is 0 Å². The van der Waals surface area contributed by atoms with E-state index in [4.69, 9.17) is 0 Å². The molecule has 76 valence electrons. The first-order valence-corrected chi connectivity index (χ1v) is 4.92. The van der Waals surface area contributed by atoms with E-state index in [9.17, 15) is 9.90 Å². The van der Waals surface area contributed by atoms with Crippen molar-refractivity contribution in [3.63, 3.8) is 0 Å². The van der Waals surface area contributed by atoms with E-state index >= 15 is 0 Å². The number of hydrogen-bond acceptors (Lipinski definition) is 2. The molecule has 0 spiro atoms. The van der Waals surface area contributed by atoms with Crippen LogP contribution in [-0.4, -0.2) is 10.9 Å². The summed E-state index contributed by atoms with van der Waals surface area (Å²) in [5.74, 6) is 0.797. The SMILES string of the molecule is CC(C)CCC(=O)c1cccc(O)c1. The van der Waals surface area contributed by atoms with Gasteiger partial charge in [0.1, 0.15) is 5.75 Å². The zero-order valence-electron chi connectivity index (χ0n) is 8.66. The first-order chi connectivity index (χ1) is 6.59. The van der Waals surface area contributed by atoms with Gasteiger partial charge in [-0.1, -0.05) is 26.0 Å². The van der Waals surface area contributed by atoms with Crippen molar-refractivity contribution in [2.24, 2.45) is 5.92 Å². The van der Waals surface area contributed by atoms with Gasteiger partial charge in [0.15, 0.2) is 5.78 Å². The predicted octanol–water partition coefficient (Wildman–Crippen LogP) is 3.01. The molecule has 0 aliphatic heterocycles. The summed E-state index contributed by atoms with van der Waals surface area (Å²) in [5, 5.41) is 9.19. The Kier molecular flexibility index (Phi) is 3.69. The number of aromatic hydroxyl groups is 1. The molecule has 0 radical (unpaired) electrons. The van der Waals surface area contributed by atoms with Crippen molar-refractivity contribution < 1.29 is 9.90 Å². The van der Waals surface area contributed by atoms with Gasteiger partial charge in [0.25, 0.3) is 0 Å². The third-order valence-corrected chi connectivity index (χ3v) is 2.12. The van der Waals surface area contributed by atoms with Gasteiger partial charge in [-0.05, 0) is 24.5 Å². The molecular weight excluding hydrogens is 176 g/mol. The van der Waals surface area contributed by atoms with E-state index in [-0.39, 0.29) is 11.5 Å². The quantitative estimate of drug-likeness (QED) is 0.744. The minimum atomic E-state index is 0.106. The van der Waals surface area contributed by atoms with Gasteiger partial charge in [0.2, 0.25) is 0 Å². The van der Waals surface area contributed by atoms with Gasteiger partial charge in [-0.25, -0.2) is 0 Å². The van der Waals surface area contributed by atoms with Crippen molar-refractivity contribution in [1.82, 2.24) is 0 Å². The summed E-state index contributed by atoms with van der Waals surface area (Å²) in [4.78, 5) is 11.6. The second-order valence-electron chi connectivity index (χ2n) is 3.91. The highest BCUT2D eigenvalue weighted by Gasteiger charge is 2.06. The van der Waals surface area contributed by atoms with E-state index in [0.717, 1.165) is 6.42 Å². The van der Waals surface area contributed by atoms with Gasteiger partial charge in [-0.3, -0.25) is 4.79 Å². The lowest BCUT2D eigenvalue weighted by Gasteiger charge is -2.04. The number of phenolic OH excluding ortho intramolecular Hbond substituents is 1. The lowest BCUT2D eigenvalue weighted by molar-refractivity contribution is 0.0975. The van der Waals surface area contributed by atoms with E-state index in [1.807, 2.05) is 0 Å². The zero-order valence-corrected chi connectivity index (χ0v) is 8.66. The maximum absolute atomic E-state index is 11.6. The van der Waals surface area contributed by atoms with E-state index in [1.54, 1.807) is 18.2 Å². The number of carbonyl (C=O) groups is 1. The molecule has 1 aromatic rings. The molecule has 14 heavy (non-hydrogen) atoms. The summed E-state index contributed by atoms with van der Waals surface area (Å²) < 4.78 is 0. The van der Waals surface area contributed by atoms with Crippen LogP contribution in [0.5, 0.6) is 5.75 Å². The highest BCUT2D eigenvalue weighted by molar-refractivity contribution is 5.96. The molecule has 0 aromatic heterocycles. The number of Topliss-reactive ketones (excluding diaryl/α,β-unsaturated/α-hetero) is 1. The highest BCUT2D eigenvalue weighted by atomic mass is 16.3. The van der Waals surface area contributed by atoms with Crippen LogP contribution in [0, 0.1) is 5.92 Å². The van der Waals surface area contributed by atoms with E-state index < -0.39 is 0 Å². The van der Waals surface area contributed by atoms with Crippen molar-refractivity contribution >= 4 is 5.78 Å². The number of carbonyl (C=O) groups excluding carboxylic acids is 1. The molecule has 0 saturated heterocycles. The summed E-state index contributed by atoms with van der Waals surface area (Å²) in [5.41, 5.74) is 0.602. The third-order valence-electron chi connectivity index (χ3n) is 2.12. The van der Waals surface area contributed by atoms with Crippen LogP contribution in [0.25, 0.3) is 0 Å². The van der Waals surface area contributed by atoms with Crippen molar-refractivity contribution in [3.05, 3.63) is 29.8 Å². The molecule has 0 aliphatic rings. The molecule has 0 bridgehead atoms. The van der Waals surface area contributed by atoms with Crippen LogP contribution in [0.1, 0.15) is 37.0 Å². The van der Waals surface area contributed by atoms with Crippen LogP contribution in [0.2, 0.25) is 0 Å². The average molecular weight is 192 g/mol. The van der Waals surface area contributed by atoms with Gasteiger partial charge in [-0.2, -0.15) is 0 Å². The van der Waals surface area contributed by atoms with Crippen LogP contribution in [0.15, 0.2) is 24.3 Å². The van der Waals surface area contributed by atoms with E-state index in [1.165, 1.54) is 6.07 Å². The number of phenols is 1. The lowest BCUT2D eigenvalue weighted by Crippen LogP contribution is -2.00. The molecule has 2 nitrogen and oxygen atoms in total. The minimum Gasteiger partial charge on any atom is -0.508 e. The molecule has 0 atom stereocenters. The topological polar surface area (TPSA) is 37.3 Å². The van der Waals surface area contributed by atoms with Crippen LogP contribution < -0.4 is 0 Å². The molecule has 2 heteroatoms. The molecule has 0 unspecified atom stereocenters. The van der Waals surface area contributed by atoms with E-state index in [2.05, 4.69) is 13.8 Å². The fourth-order valence-corrected chi connectivity index (χ4v) is 1.24. The highest BCUT2D eigenvalue weighted by Crippen LogP contribution is 2.14. The number of ketones is 1. The summed E-state index contributed by atoms with van der Waals surface area (Å²) in [6.45, 7) is 4.19. The van der Waals surface area contributed by atoms with Gasteiger partial charge in [0, 0.05) is 12.0 Å². The number of benzene rings is 1.